The molecule has 4 heterocycles. The number of benzene rings is 4. The Balaban J connectivity index is 0.848. The molecule has 5 N–H and O–H groups in total. The Morgan fingerprint density at radius 1 is 0.845 bits per heavy atom. The van der Waals surface area contributed by atoms with Crippen LogP contribution in [0.15, 0.2) is 114 Å². The lowest BCUT2D eigenvalue weighted by Crippen LogP contribution is -2.64. The normalized spacial score (nSPS) is 19.7. The van der Waals surface area contributed by atoms with E-state index in [1.807, 2.05) is 84.9 Å². The molecule has 1 aromatic heterocycles. The molecule has 3 atom stereocenters. The van der Waals surface area contributed by atoms with Crippen LogP contribution in [0.25, 0.3) is 10.9 Å². The number of piperidine rings is 3. The Labute approximate surface area is 339 Å². The van der Waals surface area contributed by atoms with E-state index in [2.05, 4.69) is 15.6 Å². The van der Waals surface area contributed by atoms with E-state index in [9.17, 15) is 24.6 Å². The van der Waals surface area contributed by atoms with Gasteiger partial charge in [0.25, 0.3) is 0 Å². The minimum atomic E-state index is -0.783. The number of rotatable bonds is 19. The lowest BCUT2D eigenvalue weighted by molar-refractivity contribution is -0.939. The van der Waals surface area contributed by atoms with Crippen LogP contribution in [0.4, 0.5) is 4.79 Å². The number of aromatic hydroxyl groups is 1. The maximum atomic E-state index is 13.4. The van der Waals surface area contributed by atoms with Gasteiger partial charge in [0.2, 0.25) is 11.3 Å². The number of ether oxygens (including phenoxy) is 2. The third-order valence-corrected chi connectivity index (χ3v) is 11.9. The fourth-order valence-electron chi connectivity index (χ4n) is 8.79. The molecule has 1 amide bonds. The molecular formula is C47H55N4O7+. The van der Waals surface area contributed by atoms with Crippen LogP contribution in [-0.4, -0.2) is 84.0 Å². The number of hydrogen-bond donors (Lipinski definition) is 5. The van der Waals surface area contributed by atoms with Gasteiger partial charge in [-0.1, -0.05) is 91.7 Å². The van der Waals surface area contributed by atoms with Gasteiger partial charge in [-0.2, -0.15) is 0 Å². The van der Waals surface area contributed by atoms with Crippen LogP contribution in [0.3, 0.4) is 0 Å². The average Bonchev–Trinajstić information content (AvgIpc) is 3.25. The number of aromatic amines is 1. The molecule has 3 fully saturated rings. The summed E-state index contributed by atoms with van der Waals surface area (Å²) >= 11 is 0. The van der Waals surface area contributed by atoms with Crippen molar-refractivity contribution in [2.24, 2.45) is 11.8 Å². The standard InChI is InChI=1S/C47H54N4O7/c52-41-20-18-39(40-19-21-44(55)49-46(40)41)42(53)29-48-24-9-1-2-10-27-57-38-17-11-16-36(28-38)45(35-14-7-4-8-15-35)50-47(56)58-32-37-30-51(25-22-33(37)23-26-51)31-43(54)34-12-5-3-6-13-34/h3-8,11-21,28,33,37,42,45,48,53H,1-2,9-10,22-27,29-32H2,(H2-,49,50,52,55,56)/p+1. The maximum absolute atomic E-state index is 13.4. The number of fused-ring (bicyclic) bond motifs is 4. The predicted octanol–water partition coefficient (Wildman–Crippen LogP) is 7.05. The molecule has 0 saturated carbocycles. The Bertz CT molecular complexity index is 2190. The number of Topliss-reactive ketones (excluding diaryl/α,β-unsaturated/α-hetero) is 1. The van der Waals surface area contributed by atoms with Gasteiger partial charge in [0, 0.05) is 42.3 Å². The van der Waals surface area contributed by atoms with Crippen LogP contribution < -0.4 is 20.9 Å². The van der Waals surface area contributed by atoms with Crippen molar-refractivity contribution < 1.29 is 33.8 Å². The first-order valence-corrected chi connectivity index (χ1v) is 20.6. The van der Waals surface area contributed by atoms with Crippen molar-refractivity contribution in [3.63, 3.8) is 0 Å². The number of alkyl carbamates (subject to hydrolysis) is 1. The van der Waals surface area contributed by atoms with Crippen molar-refractivity contribution in [3.05, 3.63) is 142 Å². The molecule has 2 bridgehead atoms. The number of nitrogens with one attached hydrogen (secondary N) is 3. The number of pyridine rings is 1. The van der Waals surface area contributed by atoms with Crippen LogP contribution in [0.2, 0.25) is 0 Å². The summed E-state index contributed by atoms with van der Waals surface area (Å²) in [5.41, 5.74) is 3.26. The predicted molar refractivity (Wildman–Crippen MR) is 224 cm³/mol. The van der Waals surface area contributed by atoms with Crippen molar-refractivity contribution in [2.75, 3.05) is 52.5 Å². The number of amides is 1. The highest BCUT2D eigenvalue weighted by molar-refractivity contribution is 5.97. The first kappa shape index (κ1) is 40.7. The number of aromatic nitrogens is 1. The molecule has 3 unspecified atom stereocenters. The summed E-state index contributed by atoms with van der Waals surface area (Å²) in [7, 11) is 0. The highest BCUT2D eigenvalue weighted by atomic mass is 16.5. The molecule has 58 heavy (non-hydrogen) atoms. The minimum absolute atomic E-state index is 0.0275. The molecule has 3 saturated heterocycles. The molecule has 5 aromatic rings. The number of phenols is 1. The number of aliphatic hydroxyl groups is 1. The van der Waals surface area contributed by atoms with E-state index in [4.69, 9.17) is 9.47 Å². The van der Waals surface area contributed by atoms with Crippen molar-refractivity contribution in [3.8, 4) is 11.5 Å². The van der Waals surface area contributed by atoms with Crippen molar-refractivity contribution in [2.45, 2.75) is 50.7 Å². The van der Waals surface area contributed by atoms with Crippen LogP contribution in [0, 0.1) is 11.8 Å². The summed E-state index contributed by atoms with van der Waals surface area (Å²) in [5, 5.41) is 28.0. The van der Waals surface area contributed by atoms with E-state index in [1.54, 1.807) is 12.1 Å². The number of phenolic OH excluding ortho intramolecular Hbond substituents is 1. The lowest BCUT2D eigenvalue weighted by Gasteiger charge is -2.52. The summed E-state index contributed by atoms with van der Waals surface area (Å²) in [6.07, 6.45) is 4.68. The summed E-state index contributed by atoms with van der Waals surface area (Å²) in [5.74, 6) is 1.61. The Morgan fingerprint density at radius 2 is 1.59 bits per heavy atom. The van der Waals surface area contributed by atoms with E-state index >= 15 is 0 Å². The molecule has 0 spiro atoms. The SMILES string of the molecule is O=C(NC(c1ccccc1)c1cccc(OCCCCCCNCC(O)c2ccc(O)c3[nH]c(=O)ccc23)c1)OCC1C[N+]2(CC(=O)c3ccccc3)CCC1CC2. The molecule has 0 aliphatic carbocycles. The summed E-state index contributed by atoms with van der Waals surface area (Å²) in [4.78, 5) is 40.9. The number of nitrogens with zero attached hydrogens (tertiary/aromatic N) is 1. The van der Waals surface area contributed by atoms with Gasteiger partial charge in [-0.05, 0) is 66.3 Å². The van der Waals surface area contributed by atoms with Gasteiger partial charge in [-0.25, -0.2) is 4.79 Å². The van der Waals surface area contributed by atoms with E-state index < -0.39 is 18.2 Å². The zero-order chi connectivity index (χ0) is 40.3. The highest BCUT2D eigenvalue weighted by Gasteiger charge is 2.47. The number of H-pyrrole nitrogens is 1. The van der Waals surface area contributed by atoms with Gasteiger partial charge >= 0.3 is 6.09 Å². The van der Waals surface area contributed by atoms with Gasteiger partial charge in [0.05, 0.1) is 43.9 Å². The molecule has 11 heteroatoms. The second-order valence-electron chi connectivity index (χ2n) is 15.9. The maximum Gasteiger partial charge on any atom is 0.407 e. The molecular weight excluding hydrogens is 733 g/mol. The molecule has 3 aliphatic rings. The van der Waals surface area contributed by atoms with E-state index in [-0.39, 0.29) is 23.0 Å². The molecule has 11 nitrogen and oxygen atoms in total. The second-order valence-corrected chi connectivity index (χ2v) is 15.9. The summed E-state index contributed by atoms with van der Waals surface area (Å²) < 4.78 is 12.9. The minimum Gasteiger partial charge on any atom is -0.506 e. The first-order valence-electron chi connectivity index (χ1n) is 20.6. The first-order chi connectivity index (χ1) is 28.3. The third kappa shape index (κ3) is 10.3. The zero-order valence-corrected chi connectivity index (χ0v) is 33.0. The molecule has 8 rings (SSSR count). The van der Waals surface area contributed by atoms with Crippen LogP contribution >= 0.6 is 0 Å². The topological polar surface area (TPSA) is 150 Å². The van der Waals surface area contributed by atoms with Crippen LogP contribution in [0.5, 0.6) is 11.5 Å². The average molecular weight is 788 g/mol. The second kappa shape index (κ2) is 19.3. The Morgan fingerprint density at radius 3 is 2.38 bits per heavy atom. The van der Waals surface area contributed by atoms with E-state index in [1.165, 1.54) is 12.1 Å². The number of aliphatic hydroxyl groups excluding tert-OH is 1. The molecule has 0 radical (unpaired) electrons. The van der Waals surface area contributed by atoms with Crippen molar-refractivity contribution >= 4 is 22.8 Å². The van der Waals surface area contributed by atoms with Crippen LogP contribution in [-0.2, 0) is 4.74 Å². The van der Waals surface area contributed by atoms with E-state index in [0.29, 0.717) is 48.7 Å². The number of unbranched alkanes of at least 4 members (excludes halogenated alkanes) is 3. The largest absolute Gasteiger partial charge is 0.506 e. The Hall–Kier alpha value is -5.49. The molecule has 304 valence electrons. The molecule has 4 aromatic carbocycles. The van der Waals surface area contributed by atoms with Crippen molar-refractivity contribution in [1.29, 1.82) is 0 Å². The fraction of sp³-hybridized carbons (Fsp3) is 0.383. The number of quaternary nitrogens is 1. The van der Waals surface area contributed by atoms with Crippen molar-refractivity contribution in [1.82, 2.24) is 15.6 Å². The summed E-state index contributed by atoms with van der Waals surface area (Å²) in [6.45, 7) is 5.35. The summed E-state index contributed by atoms with van der Waals surface area (Å²) in [6, 6.07) is 33.0. The number of carbonyl (C=O) groups excluding carboxylic acids is 2. The van der Waals surface area contributed by atoms with Crippen LogP contribution in [0.1, 0.15) is 77.7 Å². The lowest BCUT2D eigenvalue weighted by atomic mass is 9.77. The monoisotopic (exact) mass is 787 g/mol. The quantitative estimate of drug-likeness (QED) is 0.0340. The zero-order valence-electron chi connectivity index (χ0n) is 33.0. The van der Waals surface area contributed by atoms with Gasteiger partial charge in [-0.3, -0.25) is 9.59 Å². The third-order valence-electron chi connectivity index (χ3n) is 11.9. The van der Waals surface area contributed by atoms with Gasteiger partial charge in [-0.15, -0.1) is 0 Å². The number of hydrogen-bond acceptors (Lipinski definition) is 8. The molecule has 3 aliphatic heterocycles. The smallest absolute Gasteiger partial charge is 0.407 e. The van der Waals surface area contributed by atoms with E-state index in [0.717, 1.165) is 91.6 Å². The number of carbonyl (C=O) groups is 2. The number of ketones is 1. The highest BCUT2D eigenvalue weighted by Crippen LogP contribution is 2.38. The fourth-order valence-corrected chi connectivity index (χ4v) is 8.79. The van der Waals surface area contributed by atoms with Gasteiger partial charge in [0.15, 0.2) is 0 Å². The van der Waals surface area contributed by atoms with Gasteiger partial charge in [0.1, 0.15) is 24.7 Å². The van der Waals surface area contributed by atoms with Gasteiger partial charge < -0.3 is 39.8 Å². The Kier molecular flexibility index (Phi) is 13.5.